The molecule has 0 bridgehead atoms. The van der Waals surface area contributed by atoms with Crippen molar-refractivity contribution in [3.05, 3.63) is 24.3 Å². The summed E-state index contributed by atoms with van der Waals surface area (Å²) in [5.41, 5.74) is 6.41. The molecule has 108 valence electrons. The third-order valence-electron chi connectivity index (χ3n) is 2.91. The Bertz CT molecular complexity index is 498. The van der Waals surface area contributed by atoms with Crippen LogP contribution in [0.3, 0.4) is 0 Å². The standard InChI is InChI=1S/C14H24N2O2S/c1-4-19(17,18)14-8-6-5-7-13(14)16(10-9-15)11-12(2)3/h5-8,12H,4,9-11,15H2,1-3H3. The molecule has 0 heterocycles. The van der Waals surface area contributed by atoms with Crippen molar-refractivity contribution >= 4 is 15.5 Å². The Labute approximate surface area is 116 Å². The summed E-state index contributed by atoms with van der Waals surface area (Å²) in [5.74, 6) is 0.561. The van der Waals surface area contributed by atoms with E-state index in [0.29, 0.717) is 23.9 Å². The van der Waals surface area contributed by atoms with E-state index in [1.54, 1.807) is 19.1 Å². The molecule has 1 aromatic rings. The average molecular weight is 284 g/mol. The lowest BCUT2D eigenvalue weighted by Crippen LogP contribution is -2.33. The number of hydrogen-bond acceptors (Lipinski definition) is 4. The van der Waals surface area contributed by atoms with Gasteiger partial charge < -0.3 is 10.6 Å². The Morgan fingerprint density at radius 1 is 1.26 bits per heavy atom. The van der Waals surface area contributed by atoms with Gasteiger partial charge >= 0.3 is 0 Å². The van der Waals surface area contributed by atoms with E-state index in [9.17, 15) is 8.42 Å². The van der Waals surface area contributed by atoms with Crippen LogP contribution in [-0.2, 0) is 9.84 Å². The normalized spacial score (nSPS) is 11.8. The van der Waals surface area contributed by atoms with E-state index in [1.807, 2.05) is 12.1 Å². The van der Waals surface area contributed by atoms with Crippen molar-refractivity contribution in [1.82, 2.24) is 0 Å². The molecule has 1 aromatic carbocycles. The lowest BCUT2D eigenvalue weighted by atomic mass is 10.2. The van der Waals surface area contributed by atoms with Crippen molar-refractivity contribution in [3.63, 3.8) is 0 Å². The van der Waals surface area contributed by atoms with E-state index in [4.69, 9.17) is 5.73 Å². The van der Waals surface area contributed by atoms with E-state index in [0.717, 1.165) is 12.2 Å². The quantitative estimate of drug-likeness (QED) is 0.830. The van der Waals surface area contributed by atoms with E-state index in [2.05, 4.69) is 18.7 Å². The molecule has 0 saturated carbocycles. The number of rotatable bonds is 7. The lowest BCUT2D eigenvalue weighted by Gasteiger charge is -2.28. The van der Waals surface area contributed by atoms with Crippen molar-refractivity contribution in [2.24, 2.45) is 11.7 Å². The molecule has 0 spiro atoms. The van der Waals surface area contributed by atoms with E-state index >= 15 is 0 Å². The maximum atomic E-state index is 12.2. The average Bonchev–Trinajstić information content (AvgIpc) is 2.38. The lowest BCUT2D eigenvalue weighted by molar-refractivity contribution is 0.591. The molecule has 2 N–H and O–H groups in total. The minimum Gasteiger partial charge on any atom is -0.369 e. The van der Waals surface area contributed by atoms with Crippen molar-refractivity contribution in [1.29, 1.82) is 0 Å². The Balaban J connectivity index is 3.23. The maximum absolute atomic E-state index is 12.2. The van der Waals surface area contributed by atoms with Gasteiger partial charge in [0.1, 0.15) is 0 Å². The number of nitrogens with two attached hydrogens (primary N) is 1. The number of hydrogen-bond donors (Lipinski definition) is 1. The van der Waals surface area contributed by atoms with Crippen LogP contribution < -0.4 is 10.6 Å². The summed E-state index contributed by atoms with van der Waals surface area (Å²) in [6, 6.07) is 7.18. The predicted octanol–water partition coefficient (Wildman–Crippen LogP) is 1.90. The fourth-order valence-electron chi connectivity index (χ4n) is 2.04. The second-order valence-electron chi connectivity index (χ2n) is 5.00. The van der Waals surface area contributed by atoms with Crippen LogP contribution in [0.4, 0.5) is 5.69 Å². The first kappa shape index (κ1) is 16.0. The highest BCUT2D eigenvalue weighted by molar-refractivity contribution is 7.91. The SMILES string of the molecule is CCS(=O)(=O)c1ccccc1N(CCN)CC(C)C. The Hall–Kier alpha value is -1.07. The molecule has 0 radical (unpaired) electrons. The van der Waals surface area contributed by atoms with Crippen LogP contribution in [0.15, 0.2) is 29.2 Å². The topological polar surface area (TPSA) is 63.4 Å². The molecule has 0 atom stereocenters. The molecule has 19 heavy (non-hydrogen) atoms. The van der Waals surface area contributed by atoms with Gasteiger partial charge in [-0.2, -0.15) is 0 Å². The van der Waals surface area contributed by atoms with Crippen LogP contribution in [-0.4, -0.2) is 33.8 Å². The zero-order chi connectivity index (χ0) is 14.5. The minimum atomic E-state index is -3.21. The van der Waals surface area contributed by atoms with Crippen molar-refractivity contribution in [3.8, 4) is 0 Å². The molecule has 5 heteroatoms. The molecule has 0 unspecified atom stereocenters. The Morgan fingerprint density at radius 3 is 2.42 bits per heavy atom. The molecule has 0 saturated heterocycles. The molecule has 0 aromatic heterocycles. The van der Waals surface area contributed by atoms with Crippen LogP contribution in [0, 0.1) is 5.92 Å². The number of para-hydroxylation sites is 1. The molecule has 0 aliphatic rings. The van der Waals surface area contributed by atoms with Crippen LogP contribution in [0.1, 0.15) is 20.8 Å². The molecule has 0 amide bonds. The second-order valence-corrected chi connectivity index (χ2v) is 7.25. The largest absolute Gasteiger partial charge is 0.369 e. The van der Waals surface area contributed by atoms with Gasteiger partial charge in [-0.3, -0.25) is 0 Å². The van der Waals surface area contributed by atoms with Gasteiger partial charge in [0, 0.05) is 19.6 Å². The zero-order valence-electron chi connectivity index (χ0n) is 12.0. The van der Waals surface area contributed by atoms with Gasteiger partial charge in [0.05, 0.1) is 16.3 Å². The number of benzene rings is 1. The highest BCUT2D eigenvalue weighted by Gasteiger charge is 2.20. The smallest absolute Gasteiger partial charge is 0.180 e. The van der Waals surface area contributed by atoms with Gasteiger partial charge in [-0.05, 0) is 18.1 Å². The molecule has 1 rings (SSSR count). The van der Waals surface area contributed by atoms with Gasteiger partial charge in [0.2, 0.25) is 0 Å². The summed E-state index contributed by atoms with van der Waals surface area (Å²) in [6.07, 6.45) is 0. The van der Waals surface area contributed by atoms with Crippen molar-refractivity contribution < 1.29 is 8.42 Å². The summed E-state index contributed by atoms with van der Waals surface area (Å²) >= 11 is 0. The first-order valence-electron chi connectivity index (χ1n) is 6.69. The molecule has 0 aliphatic heterocycles. The predicted molar refractivity (Wildman–Crippen MR) is 80.3 cm³/mol. The monoisotopic (exact) mass is 284 g/mol. The van der Waals surface area contributed by atoms with E-state index in [1.165, 1.54) is 0 Å². The fraction of sp³-hybridized carbons (Fsp3) is 0.571. The van der Waals surface area contributed by atoms with E-state index in [-0.39, 0.29) is 5.75 Å². The van der Waals surface area contributed by atoms with Gasteiger partial charge in [-0.1, -0.05) is 32.9 Å². The molecular weight excluding hydrogens is 260 g/mol. The third kappa shape index (κ3) is 4.21. The highest BCUT2D eigenvalue weighted by Crippen LogP contribution is 2.26. The van der Waals surface area contributed by atoms with Gasteiger partial charge in [0.25, 0.3) is 0 Å². The molecule has 0 aliphatic carbocycles. The third-order valence-corrected chi connectivity index (χ3v) is 4.68. The Kier molecular flexibility index (Phi) is 5.82. The van der Waals surface area contributed by atoms with Crippen LogP contribution in [0.2, 0.25) is 0 Å². The zero-order valence-corrected chi connectivity index (χ0v) is 12.8. The molecule has 0 fully saturated rings. The first-order chi connectivity index (χ1) is 8.92. The highest BCUT2D eigenvalue weighted by atomic mass is 32.2. The van der Waals surface area contributed by atoms with Gasteiger partial charge in [-0.25, -0.2) is 8.42 Å². The van der Waals surface area contributed by atoms with Crippen molar-refractivity contribution in [2.45, 2.75) is 25.7 Å². The maximum Gasteiger partial charge on any atom is 0.180 e. The minimum absolute atomic E-state index is 0.113. The summed E-state index contributed by atoms with van der Waals surface area (Å²) in [7, 11) is -3.21. The number of sulfone groups is 1. The first-order valence-corrected chi connectivity index (χ1v) is 8.34. The van der Waals surface area contributed by atoms with E-state index < -0.39 is 9.84 Å². The summed E-state index contributed by atoms with van der Waals surface area (Å²) in [4.78, 5) is 2.47. The second kappa shape index (κ2) is 6.91. The number of anilines is 1. The summed E-state index contributed by atoms with van der Waals surface area (Å²) < 4.78 is 24.3. The summed E-state index contributed by atoms with van der Waals surface area (Å²) in [6.45, 7) is 7.86. The molecular formula is C14H24N2O2S. The Morgan fingerprint density at radius 2 is 1.89 bits per heavy atom. The van der Waals surface area contributed by atoms with Crippen LogP contribution >= 0.6 is 0 Å². The van der Waals surface area contributed by atoms with Crippen LogP contribution in [0.25, 0.3) is 0 Å². The number of nitrogens with zero attached hydrogens (tertiary/aromatic N) is 1. The van der Waals surface area contributed by atoms with Gasteiger partial charge in [0.15, 0.2) is 9.84 Å². The van der Waals surface area contributed by atoms with Crippen LogP contribution in [0.5, 0.6) is 0 Å². The summed E-state index contributed by atoms with van der Waals surface area (Å²) in [5, 5.41) is 0. The fourth-order valence-corrected chi connectivity index (χ4v) is 3.16. The van der Waals surface area contributed by atoms with Crippen molar-refractivity contribution in [2.75, 3.05) is 30.3 Å². The van der Waals surface area contributed by atoms with Gasteiger partial charge in [-0.15, -0.1) is 0 Å². The molecule has 4 nitrogen and oxygen atoms in total.